The second-order valence-corrected chi connectivity index (χ2v) is 10.7. The van der Waals surface area contributed by atoms with Crippen LogP contribution in [0.4, 0.5) is 27.5 Å². The minimum Gasteiger partial charge on any atom is -0.496 e. The number of hydrogen-bond donors (Lipinski definition) is 2. The molecule has 212 valence electrons. The van der Waals surface area contributed by atoms with Crippen molar-refractivity contribution in [1.29, 1.82) is 0 Å². The molecule has 4 rings (SSSR count). The number of hydrogen-bond acceptors (Lipinski definition) is 6. The third-order valence-electron chi connectivity index (χ3n) is 6.44. The predicted octanol–water partition coefficient (Wildman–Crippen LogP) is 6.92. The van der Waals surface area contributed by atoms with Gasteiger partial charge in [-0.3, -0.25) is 9.69 Å². The normalized spacial score (nSPS) is 10.5. The van der Waals surface area contributed by atoms with Crippen molar-refractivity contribution in [3.05, 3.63) is 96.6 Å². The molecule has 4 aromatic carbocycles. The van der Waals surface area contributed by atoms with E-state index in [2.05, 4.69) is 10.0 Å². The van der Waals surface area contributed by atoms with E-state index >= 15 is 0 Å². The number of carbonyl (C=O) groups is 2. The van der Waals surface area contributed by atoms with Gasteiger partial charge < -0.3 is 24.6 Å². The number of amides is 3. The van der Waals surface area contributed by atoms with E-state index in [0.717, 1.165) is 44.5 Å². The monoisotopic (exact) mass is 569 g/mol. The molecule has 0 unspecified atom stereocenters. The molecule has 8 nitrogen and oxygen atoms in total. The lowest BCUT2D eigenvalue weighted by atomic mass is 10.0. The smallest absolute Gasteiger partial charge is 0.326 e. The number of carbonyl (C=O) groups excluding carboxylic acids is 2. The van der Waals surface area contributed by atoms with Gasteiger partial charge in [-0.25, -0.2) is 4.79 Å². The second kappa shape index (κ2) is 13.1. The Bertz CT molecular complexity index is 1540. The molecule has 0 saturated heterocycles. The van der Waals surface area contributed by atoms with E-state index in [-0.39, 0.29) is 11.9 Å². The van der Waals surface area contributed by atoms with Gasteiger partial charge in [-0.15, -0.1) is 0 Å². The van der Waals surface area contributed by atoms with E-state index in [1.54, 1.807) is 38.1 Å². The highest BCUT2D eigenvalue weighted by Crippen LogP contribution is 2.35. The highest BCUT2D eigenvalue weighted by atomic mass is 32.2. The van der Waals surface area contributed by atoms with Gasteiger partial charge in [0.1, 0.15) is 5.75 Å². The third-order valence-corrected chi connectivity index (χ3v) is 7.32. The van der Waals surface area contributed by atoms with Crippen molar-refractivity contribution in [2.45, 2.75) is 4.90 Å². The summed E-state index contributed by atoms with van der Waals surface area (Å²) in [6, 6.07) is 28.6. The summed E-state index contributed by atoms with van der Waals surface area (Å²) in [5.41, 5.74) is 5.82. The van der Waals surface area contributed by atoms with E-state index in [1.165, 1.54) is 11.9 Å². The third kappa shape index (κ3) is 7.32. The molecule has 0 bridgehead atoms. The van der Waals surface area contributed by atoms with Gasteiger partial charge >= 0.3 is 6.03 Å². The Hall–Kier alpha value is -4.63. The summed E-state index contributed by atoms with van der Waals surface area (Å²) in [4.78, 5) is 31.4. The van der Waals surface area contributed by atoms with E-state index < -0.39 is 0 Å². The summed E-state index contributed by atoms with van der Waals surface area (Å²) >= 11 is 1.41. The van der Waals surface area contributed by atoms with Crippen LogP contribution in [0.1, 0.15) is 10.4 Å². The summed E-state index contributed by atoms with van der Waals surface area (Å²) in [6.07, 6.45) is 0. The zero-order valence-electron chi connectivity index (χ0n) is 24.1. The van der Waals surface area contributed by atoms with Crippen LogP contribution < -0.4 is 24.6 Å². The Kier molecular flexibility index (Phi) is 9.41. The molecule has 4 aromatic rings. The molecule has 41 heavy (non-hydrogen) atoms. The minimum absolute atomic E-state index is 0.0442. The summed E-state index contributed by atoms with van der Waals surface area (Å²) in [5, 5.41) is 2.96. The highest BCUT2D eigenvalue weighted by Gasteiger charge is 2.14. The topological polar surface area (TPSA) is 77.1 Å². The summed E-state index contributed by atoms with van der Waals surface area (Å²) in [5.74, 6) is 0.677. The maximum atomic E-state index is 13.0. The van der Waals surface area contributed by atoms with Gasteiger partial charge in [0.05, 0.1) is 12.0 Å². The van der Waals surface area contributed by atoms with Crippen LogP contribution >= 0.6 is 11.9 Å². The van der Waals surface area contributed by atoms with Crippen molar-refractivity contribution >= 4 is 46.6 Å². The maximum Gasteiger partial charge on any atom is 0.326 e. The molecule has 0 spiro atoms. The van der Waals surface area contributed by atoms with Crippen molar-refractivity contribution in [1.82, 2.24) is 4.90 Å². The molecular weight excluding hydrogens is 534 g/mol. The standard InChI is InChI=1S/C32H35N5O3S/c1-35(2)27-14-8-12-25(20-27)33-32(39)37(5)28-15-9-13-26(21-28)34-41-30-19-23(16-17-29(30)40-6)22-10-7-11-24(18-22)31(38)36(3)4/h7-21,34H,1-6H3,(H,33,39). The molecule has 0 aromatic heterocycles. The van der Waals surface area contributed by atoms with Gasteiger partial charge in [-0.05, 0) is 83.7 Å². The predicted molar refractivity (Wildman–Crippen MR) is 171 cm³/mol. The average Bonchev–Trinajstić information content (AvgIpc) is 2.99. The molecule has 3 amide bonds. The van der Waals surface area contributed by atoms with Crippen LogP contribution in [0.25, 0.3) is 11.1 Å². The number of rotatable bonds is 9. The first-order chi connectivity index (χ1) is 19.7. The lowest BCUT2D eigenvalue weighted by molar-refractivity contribution is 0.0827. The van der Waals surface area contributed by atoms with Crippen LogP contribution in [-0.2, 0) is 0 Å². The molecule has 0 radical (unpaired) electrons. The van der Waals surface area contributed by atoms with Gasteiger partial charge in [0, 0.05) is 63.6 Å². The maximum absolute atomic E-state index is 13.0. The number of nitrogens with one attached hydrogen (secondary N) is 2. The Morgan fingerprint density at radius 2 is 1.39 bits per heavy atom. The van der Waals surface area contributed by atoms with Crippen LogP contribution in [-0.4, -0.2) is 59.2 Å². The zero-order chi connectivity index (χ0) is 29.5. The number of nitrogens with zero attached hydrogens (tertiary/aromatic N) is 3. The van der Waals surface area contributed by atoms with Crippen LogP contribution in [0.15, 0.2) is 95.9 Å². The lowest BCUT2D eigenvalue weighted by Gasteiger charge is -2.20. The Labute approximate surface area is 246 Å². The lowest BCUT2D eigenvalue weighted by Crippen LogP contribution is -2.31. The molecule has 0 atom stereocenters. The molecule has 9 heteroatoms. The van der Waals surface area contributed by atoms with Crippen LogP contribution in [0.2, 0.25) is 0 Å². The zero-order valence-corrected chi connectivity index (χ0v) is 25.0. The van der Waals surface area contributed by atoms with Gasteiger partial charge in [-0.2, -0.15) is 0 Å². The fourth-order valence-corrected chi connectivity index (χ4v) is 4.90. The van der Waals surface area contributed by atoms with Crippen molar-refractivity contribution in [3.8, 4) is 16.9 Å². The number of ether oxygens (including phenoxy) is 1. The average molecular weight is 570 g/mol. The van der Waals surface area contributed by atoms with Crippen molar-refractivity contribution in [3.63, 3.8) is 0 Å². The van der Waals surface area contributed by atoms with Crippen LogP contribution in [0.5, 0.6) is 5.75 Å². The van der Waals surface area contributed by atoms with Gasteiger partial charge in [0.15, 0.2) is 0 Å². The first-order valence-electron chi connectivity index (χ1n) is 13.0. The molecule has 0 saturated carbocycles. The minimum atomic E-state index is -0.241. The SMILES string of the molecule is COc1ccc(-c2cccc(C(=O)N(C)C)c2)cc1SNc1cccc(N(C)C(=O)Nc2cccc(N(C)C)c2)c1. The van der Waals surface area contributed by atoms with Gasteiger partial charge in [-0.1, -0.05) is 30.3 Å². The van der Waals surface area contributed by atoms with Crippen molar-refractivity contribution < 1.29 is 14.3 Å². The molecule has 0 aliphatic heterocycles. The van der Waals surface area contributed by atoms with Crippen molar-refractivity contribution in [2.24, 2.45) is 0 Å². The molecule has 0 aliphatic rings. The Balaban J connectivity index is 1.48. The first kappa shape index (κ1) is 29.4. The number of anilines is 4. The number of methoxy groups -OCH3 is 1. The number of urea groups is 1. The van der Waals surface area contributed by atoms with E-state index in [4.69, 9.17) is 4.74 Å². The molecule has 2 N–H and O–H groups in total. The molecular formula is C32H35N5O3S. The number of benzene rings is 4. The molecule has 0 aliphatic carbocycles. The summed E-state index contributed by atoms with van der Waals surface area (Å²) in [6.45, 7) is 0. The van der Waals surface area contributed by atoms with Crippen LogP contribution in [0.3, 0.4) is 0 Å². The Morgan fingerprint density at radius 3 is 2.10 bits per heavy atom. The highest BCUT2D eigenvalue weighted by molar-refractivity contribution is 8.00. The summed E-state index contributed by atoms with van der Waals surface area (Å²) < 4.78 is 8.98. The van der Waals surface area contributed by atoms with Gasteiger partial charge in [0.2, 0.25) is 0 Å². The van der Waals surface area contributed by atoms with Crippen LogP contribution in [0, 0.1) is 0 Å². The fourth-order valence-electron chi connectivity index (χ4n) is 4.10. The quantitative estimate of drug-likeness (QED) is 0.213. The largest absolute Gasteiger partial charge is 0.496 e. The molecule has 0 heterocycles. The molecule has 0 fully saturated rings. The van der Waals surface area contributed by atoms with E-state index in [1.807, 2.05) is 110 Å². The van der Waals surface area contributed by atoms with Gasteiger partial charge in [0.25, 0.3) is 5.91 Å². The van der Waals surface area contributed by atoms with Crippen molar-refractivity contribution in [2.75, 3.05) is 62.2 Å². The first-order valence-corrected chi connectivity index (χ1v) is 13.8. The fraction of sp³-hybridized carbons (Fsp3) is 0.188. The van der Waals surface area contributed by atoms with E-state index in [0.29, 0.717) is 5.56 Å². The summed E-state index contributed by atoms with van der Waals surface area (Å²) in [7, 11) is 10.8. The van der Waals surface area contributed by atoms with E-state index in [9.17, 15) is 9.59 Å². The Morgan fingerprint density at radius 1 is 0.732 bits per heavy atom. The second-order valence-electron chi connectivity index (χ2n) is 9.83.